The van der Waals surface area contributed by atoms with Gasteiger partial charge in [-0.15, -0.1) is 0 Å². The average molecular weight is 359 g/mol. The number of nitrogens with zero attached hydrogens (tertiary/aromatic N) is 3. The van der Waals surface area contributed by atoms with E-state index < -0.39 is 0 Å². The molecule has 0 radical (unpaired) electrons. The van der Waals surface area contributed by atoms with Crippen LogP contribution in [0.15, 0.2) is 52.1 Å². The molecule has 2 heterocycles. The zero-order valence-corrected chi connectivity index (χ0v) is 14.5. The van der Waals surface area contributed by atoms with E-state index in [9.17, 15) is 0 Å². The molecule has 3 aromatic rings. The Kier molecular flexibility index (Phi) is 5.69. The molecule has 0 fully saturated rings. The zero-order valence-electron chi connectivity index (χ0n) is 13.8. The monoisotopic (exact) mass is 358 g/mol. The molecule has 0 aliphatic rings. The third-order valence-electron chi connectivity index (χ3n) is 3.52. The minimum atomic E-state index is 0.560. The number of rotatable bonds is 6. The highest BCUT2D eigenvalue weighted by Gasteiger charge is 2.08. The topological polar surface area (TPSA) is 91.1 Å². The van der Waals surface area contributed by atoms with Crippen molar-refractivity contribution in [2.75, 3.05) is 13.6 Å². The summed E-state index contributed by atoms with van der Waals surface area (Å²) in [5, 5.41) is 14.3. The van der Waals surface area contributed by atoms with Gasteiger partial charge in [-0.1, -0.05) is 23.7 Å². The van der Waals surface area contributed by atoms with E-state index in [2.05, 4.69) is 30.8 Å². The first-order chi connectivity index (χ1) is 12.2. The van der Waals surface area contributed by atoms with Crippen LogP contribution in [0.3, 0.4) is 0 Å². The fraction of sp³-hybridized carbons (Fsp3) is 0.235. The van der Waals surface area contributed by atoms with Crippen molar-refractivity contribution < 1.29 is 4.42 Å². The Morgan fingerprint density at radius 2 is 2.08 bits per heavy atom. The molecule has 3 N–H and O–H groups in total. The van der Waals surface area contributed by atoms with Crippen LogP contribution in [0.1, 0.15) is 11.4 Å². The van der Waals surface area contributed by atoms with Gasteiger partial charge in [-0.2, -0.15) is 5.10 Å². The van der Waals surface area contributed by atoms with Crippen LogP contribution >= 0.6 is 11.6 Å². The lowest BCUT2D eigenvalue weighted by atomic mass is 10.2. The van der Waals surface area contributed by atoms with Crippen molar-refractivity contribution in [3.05, 3.63) is 59.1 Å². The number of aliphatic imine (C=N–C) groups is 1. The highest BCUT2D eigenvalue weighted by atomic mass is 35.5. The Hall–Kier alpha value is -2.80. The predicted octanol–water partition coefficient (Wildman–Crippen LogP) is 2.63. The van der Waals surface area contributed by atoms with Gasteiger partial charge in [-0.05, 0) is 29.8 Å². The number of furan rings is 1. The van der Waals surface area contributed by atoms with Crippen molar-refractivity contribution in [2.24, 2.45) is 4.99 Å². The molecule has 0 saturated heterocycles. The van der Waals surface area contributed by atoms with Crippen LogP contribution < -0.4 is 10.6 Å². The van der Waals surface area contributed by atoms with Gasteiger partial charge in [-0.25, -0.2) is 4.98 Å². The predicted molar refractivity (Wildman–Crippen MR) is 97.4 cm³/mol. The fourth-order valence-electron chi connectivity index (χ4n) is 2.23. The molecule has 0 aliphatic carbocycles. The number of aromatic amines is 1. The van der Waals surface area contributed by atoms with Gasteiger partial charge in [0.1, 0.15) is 5.82 Å². The quantitative estimate of drug-likeness (QED) is 0.465. The number of hydrogen-bond acceptors (Lipinski definition) is 4. The first-order valence-corrected chi connectivity index (χ1v) is 8.26. The molecule has 25 heavy (non-hydrogen) atoms. The molecule has 0 bridgehead atoms. The summed E-state index contributed by atoms with van der Waals surface area (Å²) in [4.78, 5) is 8.61. The number of aromatic nitrogens is 3. The van der Waals surface area contributed by atoms with Crippen molar-refractivity contribution in [2.45, 2.75) is 13.0 Å². The normalized spacial score (nSPS) is 11.5. The molecule has 1 aromatic carbocycles. The Labute approximate surface area is 150 Å². The van der Waals surface area contributed by atoms with Gasteiger partial charge < -0.3 is 15.1 Å². The van der Waals surface area contributed by atoms with Gasteiger partial charge in [0.25, 0.3) is 0 Å². The van der Waals surface area contributed by atoms with E-state index in [1.54, 1.807) is 13.3 Å². The molecule has 3 rings (SSSR count). The number of benzene rings is 1. The van der Waals surface area contributed by atoms with Gasteiger partial charge >= 0.3 is 0 Å². The molecule has 0 atom stereocenters. The second-order valence-corrected chi connectivity index (χ2v) is 5.75. The minimum Gasteiger partial charge on any atom is -0.461 e. The maximum absolute atomic E-state index is 5.89. The smallest absolute Gasteiger partial charge is 0.216 e. The van der Waals surface area contributed by atoms with Crippen LogP contribution in [-0.4, -0.2) is 34.7 Å². The summed E-state index contributed by atoms with van der Waals surface area (Å²) in [6.07, 6.45) is 2.29. The first kappa shape index (κ1) is 17.0. The SMILES string of the molecule is CN=C(NCCc1nc(-c2ccco2)n[nH]1)NCc1ccc(Cl)cc1. The van der Waals surface area contributed by atoms with Crippen LogP contribution in [0, 0.1) is 0 Å². The van der Waals surface area contributed by atoms with E-state index >= 15 is 0 Å². The van der Waals surface area contributed by atoms with E-state index in [-0.39, 0.29) is 0 Å². The molecular formula is C17H19ClN6O. The summed E-state index contributed by atoms with van der Waals surface area (Å²) in [5.74, 6) is 2.72. The molecule has 0 aliphatic heterocycles. The highest BCUT2D eigenvalue weighted by molar-refractivity contribution is 6.30. The molecule has 0 amide bonds. The van der Waals surface area contributed by atoms with Crippen LogP contribution in [0.5, 0.6) is 0 Å². The summed E-state index contributed by atoms with van der Waals surface area (Å²) in [6.45, 7) is 1.34. The molecular weight excluding hydrogens is 340 g/mol. The third-order valence-corrected chi connectivity index (χ3v) is 3.78. The molecule has 0 spiro atoms. The van der Waals surface area contributed by atoms with Gasteiger partial charge in [0.15, 0.2) is 11.7 Å². The lowest BCUT2D eigenvalue weighted by Crippen LogP contribution is -2.37. The lowest BCUT2D eigenvalue weighted by Gasteiger charge is -2.11. The Balaban J connectivity index is 1.44. The first-order valence-electron chi connectivity index (χ1n) is 7.88. The molecule has 8 heteroatoms. The zero-order chi connectivity index (χ0) is 17.5. The van der Waals surface area contributed by atoms with Crippen molar-refractivity contribution in [3.63, 3.8) is 0 Å². The van der Waals surface area contributed by atoms with Crippen LogP contribution in [-0.2, 0) is 13.0 Å². The van der Waals surface area contributed by atoms with E-state index in [0.717, 1.165) is 22.4 Å². The summed E-state index contributed by atoms with van der Waals surface area (Å²) in [6, 6.07) is 11.3. The molecule has 0 unspecified atom stereocenters. The van der Waals surface area contributed by atoms with E-state index in [1.165, 1.54) is 0 Å². The highest BCUT2D eigenvalue weighted by Crippen LogP contribution is 2.14. The minimum absolute atomic E-state index is 0.560. The Bertz CT molecular complexity index is 810. The van der Waals surface area contributed by atoms with Crippen LogP contribution in [0.2, 0.25) is 5.02 Å². The maximum atomic E-state index is 5.89. The number of hydrogen-bond donors (Lipinski definition) is 3. The van der Waals surface area contributed by atoms with Crippen LogP contribution in [0.25, 0.3) is 11.6 Å². The van der Waals surface area contributed by atoms with Crippen molar-refractivity contribution in [1.82, 2.24) is 25.8 Å². The maximum Gasteiger partial charge on any atom is 0.216 e. The Morgan fingerprint density at radius 1 is 1.24 bits per heavy atom. The van der Waals surface area contributed by atoms with Gasteiger partial charge in [0.05, 0.1) is 6.26 Å². The number of H-pyrrole nitrogens is 1. The second-order valence-electron chi connectivity index (χ2n) is 5.31. The van der Waals surface area contributed by atoms with Gasteiger partial charge in [0.2, 0.25) is 5.82 Å². The summed E-state index contributed by atoms with van der Waals surface area (Å²) < 4.78 is 5.28. The number of nitrogens with one attached hydrogen (secondary N) is 3. The lowest BCUT2D eigenvalue weighted by molar-refractivity contribution is 0.577. The average Bonchev–Trinajstić information content (AvgIpc) is 3.30. The largest absolute Gasteiger partial charge is 0.461 e. The third kappa shape index (κ3) is 4.84. The second kappa shape index (κ2) is 8.34. The van der Waals surface area contributed by atoms with Gasteiger partial charge in [-0.3, -0.25) is 10.1 Å². The van der Waals surface area contributed by atoms with Crippen molar-refractivity contribution in [3.8, 4) is 11.6 Å². The van der Waals surface area contributed by atoms with Crippen LogP contribution in [0.4, 0.5) is 0 Å². The summed E-state index contributed by atoms with van der Waals surface area (Å²) in [5.41, 5.74) is 1.13. The Morgan fingerprint density at radius 3 is 2.80 bits per heavy atom. The molecule has 0 saturated carbocycles. The standard InChI is InChI=1S/C17H19ClN6O/c1-19-17(21-11-12-4-6-13(18)7-5-12)20-9-8-15-22-16(24-23-15)14-3-2-10-25-14/h2-7,10H,8-9,11H2,1H3,(H2,19,20,21)(H,22,23,24). The summed E-state index contributed by atoms with van der Waals surface area (Å²) >= 11 is 5.89. The summed E-state index contributed by atoms with van der Waals surface area (Å²) in [7, 11) is 1.74. The molecule has 7 nitrogen and oxygen atoms in total. The van der Waals surface area contributed by atoms with E-state index in [1.807, 2.05) is 36.4 Å². The van der Waals surface area contributed by atoms with E-state index in [4.69, 9.17) is 16.0 Å². The van der Waals surface area contributed by atoms with Crippen molar-refractivity contribution in [1.29, 1.82) is 0 Å². The molecule has 130 valence electrons. The van der Waals surface area contributed by atoms with E-state index in [0.29, 0.717) is 31.1 Å². The van der Waals surface area contributed by atoms with Gasteiger partial charge in [0, 0.05) is 31.6 Å². The number of halogens is 1. The molecule has 2 aromatic heterocycles. The fourth-order valence-corrected chi connectivity index (χ4v) is 2.36. The van der Waals surface area contributed by atoms with Crippen molar-refractivity contribution >= 4 is 17.6 Å². The number of guanidine groups is 1.